The van der Waals surface area contributed by atoms with E-state index < -0.39 is 6.10 Å². The van der Waals surface area contributed by atoms with E-state index in [1.807, 2.05) is 0 Å². The predicted octanol–water partition coefficient (Wildman–Crippen LogP) is 13.6. The molecule has 6 nitrogen and oxygen atoms in total. The van der Waals surface area contributed by atoms with Crippen molar-refractivity contribution in [3.63, 3.8) is 0 Å². The van der Waals surface area contributed by atoms with Gasteiger partial charge in [0.2, 0.25) is 0 Å². The molecule has 0 aromatic rings. The number of carbonyl (C=O) groups is 3. The lowest BCUT2D eigenvalue weighted by atomic mass is 10.1. The van der Waals surface area contributed by atoms with Crippen LogP contribution in [0.5, 0.6) is 0 Å². The molecule has 0 N–H and O–H groups in total. The highest BCUT2D eigenvalue weighted by Crippen LogP contribution is 2.13. The second-order valence-electron chi connectivity index (χ2n) is 14.2. The smallest absolute Gasteiger partial charge is 0.306 e. The summed E-state index contributed by atoms with van der Waals surface area (Å²) in [7, 11) is 0. The summed E-state index contributed by atoms with van der Waals surface area (Å²) in [5.74, 6) is -0.927. The fraction of sp³-hybridized carbons (Fsp3) is 0.761. The predicted molar refractivity (Wildman–Crippen MR) is 219 cm³/mol. The molecule has 300 valence electrons. The maximum absolute atomic E-state index is 12.6. The Morgan fingerprint density at radius 1 is 0.404 bits per heavy atom. The van der Waals surface area contributed by atoms with Gasteiger partial charge in [-0.2, -0.15) is 0 Å². The molecule has 0 spiro atoms. The topological polar surface area (TPSA) is 78.9 Å². The van der Waals surface area contributed by atoms with Crippen LogP contribution in [0.25, 0.3) is 0 Å². The van der Waals surface area contributed by atoms with E-state index in [4.69, 9.17) is 14.2 Å². The van der Waals surface area contributed by atoms with Crippen molar-refractivity contribution in [2.75, 3.05) is 13.2 Å². The van der Waals surface area contributed by atoms with Crippen LogP contribution in [0.4, 0.5) is 0 Å². The van der Waals surface area contributed by atoms with Crippen LogP contribution in [-0.4, -0.2) is 37.2 Å². The van der Waals surface area contributed by atoms with Crippen molar-refractivity contribution in [3.05, 3.63) is 48.6 Å². The number of allylic oxidation sites excluding steroid dienone is 8. The molecular weight excluding hydrogens is 648 g/mol. The third-order valence-corrected chi connectivity index (χ3v) is 9.07. The van der Waals surface area contributed by atoms with Gasteiger partial charge in [0, 0.05) is 19.3 Å². The van der Waals surface area contributed by atoms with Crippen LogP contribution in [0, 0.1) is 0 Å². The monoisotopic (exact) mass is 729 g/mol. The van der Waals surface area contributed by atoms with Gasteiger partial charge in [-0.1, -0.05) is 166 Å². The Kier molecular flexibility index (Phi) is 39.1. The molecule has 6 heteroatoms. The molecule has 0 aliphatic carbocycles. The van der Waals surface area contributed by atoms with Crippen molar-refractivity contribution < 1.29 is 28.6 Å². The van der Waals surface area contributed by atoms with Gasteiger partial charge in [0.25, 0.3) is 0 Å². The van der Waals surface area contributed by atoms with Gasteiger partial charge in [0.05, 0.1) is 0 Å². The largest absolute Gasteiger partial charge is 0.462 e. The fourth-order valence-electron chi connectivity index (χ4n) is 5.79. The number of carbonyl (C=O) groups excluding carboxylic acids is 3. The van der Waals surface area contributed by atoms with Crippen LogP contribution in [0.1, 0.15) is 207 Å². The molecule has 0 fully saturated rings. The van der Waals surface area contributed by atoms with Crippen LogP contribution in [0.2, 0.25) is 0 Å². The Bertz CT molecular complexity index is 933. The third kappa shape index (κ3) is 38.6. The van der Waals surface area contributed by atoms with Crippen molar-refractivity contribution in [2.24, 2.45) is 0 Å². The van der Waals surface area contributed by atoms with Gasteiger partial charge in [-0.25, -0.2) is 0 Å². The van der Waals surface area contributed by atoms with Gasteiger partial charge in [-0.3, -0.25) is 14.4 Å². The lowest BCUT2D eigenvalue weighted by Crippen LogP contribution is -2.30. The van der Waals surface area contributed by atoms with Gasteiger partial charge in [0.1, 0.15) is 13.2 Å². The van der Waals surface area contributed by atoms with Crippen LogP contribution in [0.15, 0.2) is 48.6 Å². The van der Waals surface area contributed by atoms with E-state index in [1.165, 1.54) is 57.8 Å². The van der Waals surface area contributed by atoms with E-state index in [9.17, 15) is 14.4 Å². The quantitative estimate of drug-likeness (QED) is 0.0272. The van der Waals surface area contributed by atoms with Crippen molar-refractivity contribution in [3.8, 4) is 0 Å². The summed E-state index contributed by atoms with van der Waals surface area (Å²) in [5, 5.41) is 0. The molecule has 0 aliphatic heterocycles. The maximum atomic E-state index is 12.6. The molecule has 0 bridgehead atoms. The Labute approximate surface area is 320 Å². The molecule has 0 aromatic heterocycles. The first-order valence-corrected chi connectivity index (χ1v) is 21.6. The number of esters is 3. The molecule has 1 atom stereocenters. The average molecular weight is 729 g/mol. The molecule has 0 aromatic carbocycles. The van der Waals surface area contributed by atoms with E-state index in [2.05, 4.69) is 69.4 Å². The molecule has 0 rings (SSSR count). The van der Waals surface area contributed by atoms with E-state index in [0.717, 1.165) is 109 Å². The molecule has 52 heavy (non-hydrogen) atoms. The van der Waals surface area contributed by atoms with Gasteiger partial charge < -0.3 is 14.2 Å². The zero-order chi connectivity index (χ0) is 38.0. The minimum atomic E-state index is -0.782. The summed E-state index contributed by atoms with van der Waals surface area (Å²) in [6.45, 7) is 6.42. The van der Waals surface area contributed by atoms with E-state index in [1.54, 1.807) is 0 Å². The number of hydrogen-bond donors (Lipinski definition) is 0. The fourth-order valence-corrected chi connectivity index (χ4v) is 5.79. The first-order chi connectivity index (χ1) is 25.5. The number of ether oxygens (including phenoxy) is 3. The van der Waals surface area contributed by atoms with Gasteiger partial charge >= 0.3 is 17.9 Å². The van der Waals surface area contributed by atoms with Crippen LogP contribution in [0.3, 0.4) is 0 Å². The lowest BCUT2D eigenvalue weighted by Gasteiger charge is -2.18. The van der Waals surface area contributed by atoms with Crippen molar-refractivity contribution in [1.29, 1.82) is 0 Å². The van der Waals surface area contributed by atoms with Crippen molar-refractivity contribution in [2.45, 2.75) is 213 Å². The lowest BCUT2D eigenvalue weighted by molar-refractivity contribution is -0.167. The molecule has 0 saturated carbocycles. The van der Waals surface area contributed by atoms with Gasteiger partial charge in [-0.15, -0.1) is 0 Å². The van der Waals surface area contributed by atoms with Crippen molar-refractivity contribution >= 4 is 17.9 Å². The Hall–Kier alpha value is -2.63. The minimum absolute atomic E-state index is 0.0841. The molecular formula is C46H80O6. The van der Waals surface area contributed by atoms with E-state index in [-0.39, 0.29) is 31.1 Å². The first kappa shape index (κ1) is 49.4. The zero-order valence-corrected chi connectivity index (χ0v) is 34.1. The summed E-state index contributed by atoms with van der Waals surface area (Å²) in [5.41, 5.74) is 0. The normalized spacial score (nSPS) is 12.4. The second-order valence-corrected chi connectivity index (χ2v) is 14.2. The highest BCUT2D eigenvalue weighted by Gasteiger charge is 2.19. The summed E-state index contributed by atoms with van der Waals surface area (Å²) in [6, 6.07) is 0. The SMILES string of the molecule is CC/C=C\C/C=C\C/C=C\CCCCCCC(=O)OCC(COC(=O)CCCCCCCCCCCC)OC(=O)CCCCCC/C=C\CCCC. The second kappa shape index (κ2) is 41.1. The summed E-state index contributed by atoms with van der Waals surface area (Å²) in [4.78, 5) is 37.6. The number of hydrogen-bond acceptors (Lipinski definition) is 6. The Morgan fingerprint density at radius 3 is 1.25 bits per heavy atom. The molecule has 1 unspecified atom stereocenters. The van der Waals surface area contributed by atoms with E-state index in [0.29, 0.717) is 19.3 Å². The average Bonchev–Trinajstić information content (AvgIpc) is 3.14. The maximum Gasteiger partial charge on any atom is 0.306 e. The summed E-state index contributed by atoms with van der Waals surface area (Å²) in [6.07, 6.45) is 46.6. The Morgan fingerprint density at radius 2 is 0.769 bits per heavy atom. The van der Waals surface area contributed by atoms with Crippen molar-refractivity contribution in [1.82, 2.24) is 0 Å². The van der Waals surface area contributed by atoms with Crippen LogP contribution < -0.4 is 0 Å². The molecule has 0 saturated heterocycles. The van der Waals surface area contributed by atoms with Gasteiger partial charge in [0.15, 0.2) is 6.10 Å². The minimum Gasteiger partial charge on any atom is -0.462 e. The molecule has 0 radical (unpaired) electrons. The highest BCUT2D eigenvalue weighted by atomic mass is 16.6. The first-order valence-electron chi connectivity index (χ1n) is 21.6. The van der Waals surface area contributed by atoms with Crippen LogP contribution in [-0.2, 0) is 28.6 Å². The summed E-state index contributed by atoms with van der Waals surface area (Å²) >= 11 is 0. The number of rotatable bonds is 38. The molecule has 0 aliphatic rings. The standard InChI is InChI=1S/C46H80O6/c1-4-7-10-13-16-19-22-23-24-25-28-30-33-36-39-45(48)51-42-43(52-46(49)40-37-34-31-27-21-18-15-12-9-6-3)41-50-44(47)38-35-32-29-26-20-17-14-11-8-5-2/h7,10,15-16,18-19,23-24,43H,4-6,8-9,11-14,17,20-22,25-42H2,1-3H3/b10-7-,18-15-,19-16-,24-23-. The van der Waals surface area contributed by atoms with Crippen LogP contribution >= 0.6 is 0 Å². The molecule has 0 heterocycles. The zero-order valence-electron chi connectivity index (χ0n) is 34.1. The Balaban J connectivity index is 4.41. The third-order valence-electron chi connectivity index (χ3n) is 9.07. The molecule has 0 amide bonds. The van der Waals surface area contributed by atoms with Gasteiger partial charge in [-0.05, 0) is 70.6 Å². The highest BCUT2D eigenvalue weighted by molar-refractivity contribution is 5.71. The number of unbranched alkanes of at least 4 members (excludes halogenated alkanes) is 19. The van der Waals surface area contributed by atoms with E-state index >= 15 is 0 Å². The summed E-state index contributed by atoms with van der Waals surface area (Å²) < 4.78 is 16.6.